The van der Waals surface area contributed by atoms with Crippen molar-refractivity contribution < 1.29 is 27.2 Å². The first-order valence-corrected chi connectivity index (χ1v) is 8.08. The van der Waals surface area contributed by atoms with Gasteiger partial charge < -0.3 is 14.8 Å². The number of nitrogens with one attached hydrogen (secondary N) is 1. The Balaban J connectivity index is 1.82. The van der Waals surface area contributed by atoms with Crippen molar-refractivity contribution >= 4 is 21.7 Å². The van der Waals surface area contributed by atoms with Gasteiger partial charge in [-0.05, 0) is 48.9 Å². The molecule has 2 aromatic rings. The molecule has 120 valence electrons. The van der Waals surface area contributed by atoms with Gasteiger partial charge in [-0.3, -0.25) is 9.35 Å². The smallest absolute Gasteiger partial charge is 0.294 e. The molecule has 0 unspecified atom stereocenters. The molecule has 8 heteroatoms. The molecule has 2 N–H and O–H groups in total. The minimum Gasteiger partial charge on any atom is -0.454 e. The number of carbonyl (C=O) groups excluding carboxylic acids is 1. The lowest BCUT2D eigenvalue weighted by Gasteiger charge is -2.09. The normalized spacial score (nSPS) is 13.0. The van der Waals surface area contributed by atoms with Gasteiger partial charge in [0.25, 0.3) is 16.0 Å². The van der Waals surface area contributed by atoms with Crippen molar-refractivity contribution in [1.82, 2.24) is 0 Å². The van der Waals surface area contributed by atoms with E-state index in [1.807, 2.05) is 0 Å². The summed E-state index contributed by atoms with van der Waals surface area (Å²) < 4.78 is 41.8. The van der Waals surface area contributed by atoms with Crippen molar-refractivity contribution in [3.8, 4) is 11.5 Å². The van der Waals surface area contributed by atoms with E-state index in [1.54, 1.807) is 18.2 Å². The van der Waals surface area contributed by atoms with Crippen molar-refractivity contribution in [1.29, 1.82) is 0 Å². The maximum Gasteiger partial charge on any atom is 0.294 e. The van der Waals surface area contributed by atoms with Crippen molar-refractivity contribution in [3.05, 3.63) is 47.5 Å². The topological polar surface area (TPSA) is 102 Å². The number of hydrogen-bond acceptors (Lipinski definition) is 5. The van der Waals surface area contributed by atoms with Gasteiger partial charge in [-0.15, -0.1) is 0 Å². The lowest BCUT2D eigenvalue weighted by atomic mass is 10.1. The summed E-state index contributed by atoms with van der Waals surface area (Å²) in [5.41, 5.74) is 1.12. The first kappa shape index (κ1) is 15.3. The van der Waals surface area contributed by atoms with E-state index in [4.69, 9.17) is 14.0 Å². The van der Waals surface area contributed by atoms with Gasteiger partial charge in [0.05, 0.1) is 4.90 Å². The lowest BCUT2D eigenvalue weighted by molar-refractivity contribution is 0.102. The maximum atomic E-state index is 12.2. The number of hydrogen-bond donors (Lipinski definition) is 2. The van der Waals surface area contributed by atoms with E-state index < -0.39 is 10.1 Å². The highest BCUT2D eigenvalue weighted by Crippen LogP contribution is 2.32. The Morgan fingerprint density at radius 3 is 2.57 bits per heavy atom. The second kappa shape index (κ2) is 5.56. The Hall–Kier alpha value is -2.58. The van der Waals surface area contributed by atoms with Crippen LogP contribution in [0, 0.1) is 6.92 Å². The molecule has 0 saturated heterocycles. The number of aryl methyl sites for hydroxylation is 1. The number of amides is 1. The molecule has 7 nitrogen and oxygen atoms in total. The Labute approximate surface area is 132 Å². The van der Waals surface area contributed by atoms with Gasteiger partial charge in [0.15, 0.2) is 11.5 Å². The molecular formula is C15H13NO6S. The van der Waals surface area contributed by atoms with Gasteiger partial charge in [0, 0.05) is 11.3 Å². The van der Waals surface area contributed by atoms with Crippen molar-refractivity contribution in [3.63, 3.8) is 0 Å². The first-order chi connectivity index (χ1) is 10.8. The van der Waals surface area contributed by atoms with Crippen LogP contribution in [-0.4, -0.2) is 25.7 Å². The van der Waals surface area contributed by atoms with Crippen molar-refractivity contribution in [2.75, 3.05) is 12.1 Å². The molecule has 0 aromatic heterocycles. The van der Waals surface area contributed by atoms with Crippen molar-refractivity contribution in [2.24, 2.45) is 0 Å². The molecule has 0 spiro atoms. The van der Waals surface area contributed by atoms with Crippen LogP contribution < -0.4 is 14.8 Å². The standard InChI is InChI=1S/C15H13NO6S/c1-9-6-11(3-5-14(9)23(18,19)20)16-15(17)10-2-4-12-13(7-10)22-8-21-12/h2-7H,8H2,1H3,(H,16,17)(H,18,19,20). The molecule has 0 aliphatic carbocycles. The van der Waals surface area contributed by atoms with Crippen LogP contribution in [0.5, 0.6) is 11.5 Å². The zero-order chi connectivity index (χ0) is 16.6. The van der Waals surface area contributed by atoms with Gasteiger partial charge in [-0.25, -0.2) is 0 Å². The average Bonchev–Trinajstić information content (AvgIpc) is 2.93. The summed E-state index contributed by atoms with van der Waals surface area (Å²) in [4.78, 5) is 12.0. The van der Waals surface area contributed by atoms with Crippen LogP contribution in [0.3, 0.4) is 0 Å². The fourth-order valence-electron chi connectivity index (χ4n) is 2.26. The molecule has 0 atom stereocenters. The zero-order valence-electron chi connectivity index (χ0n) is 12.1. The third kappa shape index (κ3) is 3.13. The first-order valence-electron chi connectivity index (χ1n) is 6.64. The van der Waals surface area contributed by atoms with Gasteiger partial charge in [0.2, 0.25) is 6.79 Å². The summed E-state index contributed by atoms with van der Waals surface area (Å²) in [7, 11) is -4.28. The lowest BCUT2D eigenvalue weighted by Crippen LogP contribution is -2.12. The number of carbonyl (C=O) groups is 1. The molecular weight excluding hydrogens is 322 g/mol. The summed E-state index contributed by atoms with van der Waals surface area (Å²) in [6.07, 6.45) is 0. The fourth-order valence-corrected chi connectivity index (χ4v) is 2.96. The number of ether oxygens (including phenoxy) is 2. The molecule has 23 heavy (non-hydrogen) atoms. The summed E-state index contributed by atoms with van der Waals surface area (Å²) in [5.74, 6) is 0.702. The summed E-state index contributed by atoms with van der Waals surface area (Å²) in [5, 5.41) is 2.66. The van der Waals surface area contributed by atoms with Gasteiger partial charge in [-0.2, -0.15) is 8.42 Å². The molecule has 1 amide bonds. The molecule has 2 aromatic carbocycles. The van der Waals surface area contributed by atoms with Crippen LogP contribution in [0.4, 0.5) is 5.69 Å². The Morgan fingerprint density at radius 1 is 1.13 bits per heavy atom. The second-order valence-electron chi connectivity index (χ2n) is 4.98. The third-order valence-corrected chi connectivity index (χ3v) is 4.36. The van der Waals surface area contributed by atoms with Gasteiger partial charge in [0.1, 0.15) is 0 Å². The number of rotatable bonds is 3. The van der Waals surface area contributed by atoms with E-state index in [2.05, 4.69) is 5.32 Å². The zero-order valence-corrected chi connectivity index (χ0v) is 12.9. The van der Waals surface area contributed by atoms with E-state index in [1.165, 1.54) is 25.1 Å². The Bertz CT molecular complexity index is 891. The summed E-state index contributed by atoms with van der Waals surface area (Å²) >= 11 is 0. The molecule has 3 rings (SSSR count). The van der Waals surface area contributed by atoms with Crippen LogP contribution in [0.25, 0.3) is 0 Å². The van der Waals surface area contributed by atoms with Crippen LogP contribution >= 0.6 is 0 Å². The predicted octanol–water partition coefficient (Wildman–Crippen LogP) is 2.22. The Kier molecular flexibility index (Phi) is 3.70. The number of anilines is 1. The predicted molar refractivity (Wildman–Crippen MR) is 81.5 cm³/mol. The molecule has 0 fully saturated rings. The minimum absolute atomic E-state index is 0.122. The van der Waals surface area contributed by atoms with Crippen LogP contribution in [0.15, 0.2) is 41.3 Å². The second-order valence-corrected chi connectivity index (χ2v) is 6.37. The number of fused-ring (bicyclic) bond motifs is 1. The highest BCUT2D eigenvalue weighted by Gasteiger charge is 2.17. The molecule has 1 aliphatic rings. The maximum absolute atomic E-state index is 12.2. The third-order valence-electron chi connectivity index (χ3n) is 3.35. The van der Waals surface area contributed by atoms with E-state index in [0.29, 0.717) is 28.3 Å². The molecule has 1 heterocycles. The molecule has 0 bridgehead atoms. The van der Waals surface area contributed by atoms with Crippen molar-refractivity contribution in [2.45, 2.75) is 11.8 Å². The van der Waals surface area contributed by atoms with E-state index >= 15 is 0 Å². The van der Waals surface area contributed by atoms with Gasteiger partial charge >= 0.3 is 0 Å². The quantitative estimate of drug-likeness (QED) is 0.834. The monoisotopic (exact) mass is 335 g/mol. The highest BCUT2D eigenvalue weighted by molar-refractivity contribution is 7.85. The molecule has 1 aliphatic heterocycles. The largest absolute Gasteiger partial charge is 0.454 e. The summed E-state index contributed by atoms with van der Waals surface area (Å²) in [6.45, 7) is 1.65. The van der Waals surface area contributed by atoms with E-state index in [9.17, 15) is 13.2 Å². The minimum atomic E-state index is -4.28. The molecule has 0 saturated carbocycles. The molecule has 0 radical (unpaired) electrons. The fraction of sp³-hybridized carbons (Fsp3) is 0.133. The van der Waals surface area contributed by atoms with E-state index in [-0.39, 0.29) is 17.6 Å². The van der Waals surface area contributed by atoms with Crippen LogP contribution in [0.1, 0.15) is 15.9 Å². The van der Waals surface area contributed by atoms with E-state index in [0.717, 1.165) is 0 Å². The summed E-state index contributed by atoms with van der Waals surface area (Å²) in [6, 6.07) is 8.91. The van der Waals surface area contributed by atoms with Crippen LogP contribution in [-0.2, 0) is 10.1 Å². The number of benzene rings is 2. The SMILES string of the molecule is Cc1cc(NC(=O)c2ccc3c(c2)OCO3)ccc1S(=O)(=O)O. The average molecular weight is 335 g/mol. The highest BCUT2D eigenvalue weighted by atomic mass is 32.2. The Morgan fingerprint density at radius 2 is 1.87 bits per heavy atom. The van der Waals surface area contributed by atoms with Gasteiger partial charge in [-0.1, -0.05) is 0 Å². The van der Waals surface area contributed by atoms with Crippen LogP contribution in [0.2, 0.25) is 0 Å².